The Balaban J connectivity index is 2.02. The van der Waals surface area contributed by atoms with Gasteiger partial charge in [0.2, 0.25) is 0 Å². The van der Waals surface area contributed by atoms with Crippen molar-refractivity contribution in [2.75, 3.05) is 12.3 Å². The minimum Gasteiger partial charge on any atom is -0.507 e. The number of rotatable bonds is 3. The predicted molar refractivity (Wildman–Crippen MR) is 74.9 cm³/mol. The molecule has 1 heterocycles. The summed E-state index contributed by atoms with van der Waals surface area (Å²) in [4.78, 5) is 11.9. The van der Waals surface area contributed by atoms with E-state index in [9.17, 15) is 18.3 Å². The summed E-state index contributed by atoms with van der Waals surface area (Å²) in [7, 11) is -3.07. The number of sulfone groups is 1. The lowest BCUT2D eigenvalue weighted by Gasteiger charge is -2.11. The molecule has 0 saturated carbocycles. The van der Waals surface area contributed by atoms with Gasteiger partial charge in [-0.3, -0.25) is 4.79 Å². The standard InChI is InChI=1S/C12H14BrNO4S/c13-8-3-4-10(11(15)6-8)12(16)14-7-9-2-1-5-19(9,17)18/h3-4,6,9,15H,1-2,5,7H2,(H,14,16). The summed E-state index contributed by atoms with van der Waals surface area (Å²) in [6, 6.07) is 4.54. The average molecular weight is 348 g/mol. The van der Waals surface area contributed by atoms with Crippen LogP contribution in [-0.4, -0.2) is 37.0 Å². The first-order valence-electron chi connectivity index (χ1n) is 5.88. The normalized spacial score (nSPS) is 21.2. The van der Waals surface area contributed by atoms with E-state index in [0.717, 1.165) is 0 Å². The maximum atomic E-state index is 11.9. The number of carbonyl (C=O) groups excluding carboxylic acids is 1. The number of aromatic hydroxyl groups is 1. The quantitative estimate of drug-likeness (QED) is 0.866. The lowest BCUT2D eigenvalue weighted by molar-refractivity contribution is 0.0951. The smallest absolute Gasteiger partial charge is 0.255 e. The van der Waals surface area contributed by atoms with Crippen LogP contribution in [0.1, 0.15) is 23.2 Å². The Kier molecular flexibility index (Phi) is 4.15. The van der Waals surface area contributed by atoms with Crippen molar-refractivity contribution < 1.29 is 18.3 Å². The van der Waals surface area contributed by atoms with Crippen LogP contribution in [0.2, 0.25) is 0 Å². The maximum Gasteiger partial charge on any atom is 0.255 e. The van der Waals surface area contributed by atoms with Crippen LogP contribution in [0.3, 0.4) is 0 Å². The molecular formula is C12H14BrNO4S. The molecule has 1 aromatic rings. The van der Waals surface area contributed by atoms with Crippen molar-refractivity contribution in [1.29, 1.82) is 0 Å². The van der Waals surface area contributed by atoms with E-state index < -0.39 is 21.0 Å². The highest BCUT2D eigenvalue weighted by atomic mass is 79.9. The summed E-state index contributed by atoms with van der Waals surface area (Å²) in [6.45, 7) is 0.0939. The van der Waals surface area contributed by atoms with E-state index in [1.807, 2.05) is 0 Å². The number of phenolic OH excluding ortho intramolecular Hbond substituents is 1. The highest BCUT2D eigenvalue weighted by Crippen LogP contribution is 2.23. The molecule has 1 atom stereocenters. The van der Waals surface area contributed by atoms with Crippen LogP contribution in [0.4, 0.5) is 0 Å². The van der Waals surface area contributed by atoms with E-state index in [4.69, 9.17) is 0 Å². The van der Waals surface area contributed by atoms with E-state index >= 15 is 0 Å². The molecule has 0 spiro atoms. The largest absolute Gasteiger partial charge is 0.507 e. The fourth-order valence-corrected chi connectivity index (χ4v) is 4.20. The molecule has 0 aromatic heterocycles. The number of amides is 1. The molecule has 1 fully saturated rings. The van der Waals surface area contributed by atoms with Crippen LogP contribution >= 0.6 is 15.9 Å². The van der Waals surface area contributed by atoms with Gasteiger partial charge < -0.3 is 10.4 Å². The molecule has 0 aliphatic carbocycles. The number of halogens is 1. The van der Waals surface area contributed by atoms with Crippen LogP contribution in [0.5, 0.6) is 5.75 Å². The topological polar surface area (TPSA) is 83.5 Å². The van der Waals surface area contributed by atoms with E-state index in [1.54, 1.807) is 6.07 Å². The Bertz CT molecular complexity index is 600. The zero-order valence-electron chi connectivity index (χ0n) is 10.1. The number of carbonyl (C=O) groups is 1. The Morgan fingerprint density at radius 2 is 2.21 bits per heavy atom. The third-order valence-electron chi connectivity index (χ3n) is 3.16. The molecule has 7 heteroatoms. The van der Waals surface area contributed by atoms with Gasteiger partial charge in [0, 0.05) is 11.0 Å². The molecule has 1 aliphatic rings. The fraction of sp³-hybridized carbons (Fsp3) is 0.417. The second kappa shape index (κ2) is 5.50. The zero-order valence-corrected chi connectivity index (χ0v) is 12.5. The summed E-state index contributed by atoms with van der Waals surface area (Å²) < 4.78 is 23.9. The molecule has 0 radical (unpaired) electrons. The van der Waals surface area contributed by atoms with Gasteiger partial charge in [0.1, 0.15) is 5.75 Å². The predicted octanol–water partition coefficient (Wildman–Crippen LogP) is 1.46. The third-order valence-corrected chi connectivity index (χ3v) is 5.93. The molecule has 1 unspecified atom stereocenters. The fourth-order valence-electron chi connectivity index (χ4n) is 2.09. The van der Waals surface area contributed by atoms with Gasteiger partial charge in [-0.25, -0.2) is 8.42 Å². The van der Waals surface area contributed by atoms with Crippen molar-refractivity contribution in [3.05, 3.63) is 28.2 Å². The van der Waals surface area contributed by atoms with Crippen LogP contribution < -0.4 is 5.32 Å². The molecule has 1 aliphatic heterocycles. The summed E-state index contributed by atoms with van der Waals surface area (Å²) >= 11 is 3.18. The Morgan fingerprint density at radius 3 is 2.79 bits per heavy atom. The molecule has 0 bridgehead atoms. The van der Waals surface area contributed by atoms with Gasteiger partial charge in [0.25, 0.3) is 5.91 Å². The van der Waals surface area contributed by atoms with Gasteiger partial charge in [0.15, 0.2) is 9.84 Å². The van der Waals surface area contributed by atoms with Gasteiger partial charge in [0.05, 0.1) is 16.6 Å². The second-order valence-corrected chi connectivity index (χ2v) is 7.82. The number of hydrogen-bond donors (Lipinski definition) is 2. The maximum absolute atomic E-state index is 11.9. The molecule has 1 amide bonds. The minimum atomic E-state index is -3.07. The molecular weight excluding hydrogens is 334 g/mol. The number of hydrogen-bond acceptors (Lipinski definition) is 4. The van der Waals surface area contributed by atoms with Gasteiger partial charge in [-0.05, 0) is 31.0 Å². The van der Waals surface area contributed by atoms with E-state index in [0.29, 0.717) is 17.3 Å². The SMILES string of the molecule is O=C(NCC1CCCS1(=O)=O)c1ccc(Br)cc1O. The summed E-state index contributed by atoms with van der Waals surface area (Å²) in [5, 5.41) is 11.7. The van der Waals surface area contributed by atoms with Crippen molar-refractivity contribution in [2.45, 2.75) is 18.1 Å². The molecule has 19 heavy (non-hydrogen) atoms. The Hall–Kier alpha value is -1.08. The van der Waals surface area contributed by atoms with Crippen molar-refractivity contribution in [2.24, 2.45) is 0 Å². The number of phenols is 1. The van der Waals surface area contributed by atoms with E-state index in [1.165, 1.54) is 12.1 Å². The lowest BCUT2D eigenvalue weighted by atomic mass is 10.2. The number of benzene rings is 1. The summed E-state index contributed by atoms with van der Waals surface area (Å²) in [5.41, 5.74) is 0.138. The molecule has 1 aromatic carbocycles. The monoisotopic (exact) mass is 347 g/mol. The Labute approximate surface area is 120 Å². The van der Waals surface area contributed by atoms with Crippen LogP contribution in [0, 0.1) is 0 Å². The molecule has 1 saturated heterocycles. The first kappa shape index (κ1) is 14.3. The van der Waals surface area contributed by atoms with E-state index in [-0.39, 0.29) is 23.6 Å². The van der Waals surface area contributed by atoms with Crippen molar-refractivity contribution in [3.8, 4) is 5.75 Å². The molecule has 5 nitrogen and oxygen atoms in total. The first-order chi connectivity index (χ1) is 8.90. The van der Waals surface area contributed by atoms with Crippen molar-refractivity contribution in [1.82, 2.24) is 5.32 Å². The second-order valence-electron chi connectivity index (χ2n) is 4.50. The van der Waals surface area contributed by atoms with Crippen LogP contribution in [-0.2, 0) is 9.84 Å². The zero-order chi connectivity index (χ0) is 14.0. The Morgan fingerprint density at radius 1 is 1.47 bits per heavy atom. The molecule has 2 N–H and O–H groups in total. The highest BCUT2D eigenvalue weighted by Gasteiger charge is 2.31. The van der Waals surface area contributed by atoms with Crippen molar-refractivity contribution in [3.63, 3.8) is 0 Å². The van der Waals surface area contributed by atoms with Gasteiger partial charge >= 0.3 is 0 Å². The van der Waals surface area contributed by atoms with Crippen molar-refractivity contribution >= 4 is 31.7 Å². The molecule has 2 rings (SSSR count). The third kappa shape index (κ3) is 3.27. The molecule has 104 valence electrons. The lowest BCUT2D eigenvalue weighted by Crippen LogP contribution is -2.34. The summed E-state index contributed by atoms with van der Waals surface area (Å²) in [6.07, 6.45) is 1.22. The summed E-state index contributed by atoms with van der Waals surface area (Å²) in [5.74, 6) is -0.412. The van der Waals surface area contributed by atoms with Gasteiger partial charge in [-0.15, -0.1) is 0 Å². The van der Waals surface area contributed by atoms with Crippen LogP contribution in [0.15, 0.2) is 22.7 Å². The highest BCUT2D eigenvalue weighted by molar-refractivity contribution is 9.10. The minimum absolute atomic E-state index is 0.0939. The van der Waals surface area contributed by atoms with Gasteiger partial charge in [-0.1, -0.05) is 15.9 Å². The average Bonchev–Trinajstić information content (AvgIpc) is 2.65. The van der Waals surface area contributed by atoms with Gasteiger partial charge in [-0.2, -0.15) is 0 Å². The van der Waals surface area contributed by atoms with E-state index in [2.05, 4.69) is 21.2 Å². The van der Waals surface area contributed by atoms with Crippen LogP contribution in [0.25, 0.3) is 0 Å². The first-order valence-corrected chi connectivity index (χ1v) is 8.39. The number of nitrogens with one attached hydrogen (secondary N) is 1.